The van der Waals surface area contributed by atoms with Gasteiger partial charge in [0.15, 0.2) is 0 Å². The number of amides is 1. The van der Waals surface area contributed by atoms with Crippen LogP contribution in [-0.4, -0.2) is 26.2 Å². The molecular weight excluding hydrogens is 292 g/mol. The maximum absolute atomic E-state index is 12.0. The molecule has 5 heteroatoms. The molecule has 0 saturated heterocycles. The van der Waals surface area contributed by atoms with Crippen LogP contribution in [0.4, 0.5) is 11.4 Å². The minimum Gasteiger partial charge on any atom is -0.497 e. The van der Waals surface area contributed by atoms with Gasteiger partial charge in [0.05, 0.1) is 20.3 Å². The van der Waals surface area contributed by atoms with E-state index in [0.717, 1.165) is 17.9 Å². The number of nitrogens with one attached hydrogen (secondary N) is 2. The van der Waals surface area contributed by atoms with Crippen LogP contribution in [0, 0.1) is 0 Å². The standard InChI is InChI=1S/C18H22N2O3/c1-3-10-23-17-9-4-6-14(11-17)19-13-18(21)20-15-7-5-8-16(12-15)22-2/h4-9,11-12,19H,3,10,13H2,1-2H3,(H,20,21). The first-order chi connectivity index (χ1) is 11.2. The van der Waals surface area contributed by atoms with E-state index in [2.05, 4.69) is 17.6 Å². The highest BCUT2D eigenvalue weighted by molar-refractivity contribution is 5.93. The molecule has 0 bridgehead atoms. The SMILES string of the molecule is CCCOc1cccc(NCC(=O)Nc2cccc(OC)c2)c1. The monoisotopic (exact) mass is 314 g/mol. The maximum Gasteiger partial charge on any atom is 0.243 e. The van der Waals surface area contributed by atoms with Crippen LogP contribution in [0.3, 0.4) is 0 Å². The molecule has 0 aliphatic carbocycles. The molecule has 2 aromatic rings. The van der Waals surface area contributed by atoms with Crippen molar-refractivity contribution < 1.29 is 14.3 Å². The van der Waals surface area contributed by atoms with Gasteiger partial charge in [0.2, 0.25) is 5.91 Å². The van der Waals surface area contributed by atoms with Gasteiger partial charge in [0, 0.05) is 23.5 Å². The molecule has 0 aliphatic rings. The minimum absolute atomic E-state index is 0.127. The van der Waals surface area contributed by atoms with E-state index in [-0.39, 0.29) is 12.5 Å². The van der Waals surface area contributed by atoms with E-state index < -0.39 is 0 Å². The Kier molecular flexibility index (Phi) is 6.29. The number of carbonyl (C=O) groups is 1. The molecule has 2 rings (SSSR count). The molecule has 23 heavy (non-hydrogen) atoms. The van der Waals surface area contributed by atoms with Gasteiger partial charge in [-0.2, -0.15) is 0 Å². The van der Waals surface area contributed by atoms with Crippen LogP contribution in [0.1, 0.15) is 13.3 Å². The van der Waals surface area contributed by atoms with E-state index >= 15 is 0 Å². The lowest BCUT2D eigenvalue weighted by Gasteiger charge is -2.10. The third kappa shape index (κ3) is 5.54. The molecule has 0 radical (unpaired) electrons. The normalized spacial score (nSPS) is 10.0. The van der Waals surface area contributed by atoms with Crippen molar-refractivity contribution in [1.82, 2.24) is 0 Å². The zero-order chi connectivity index (χ0) is 16.5. The Morgan fingerprint density at radius 1 is 1.04 bits per heavy atom. The van der Waals surface area contributed by atoms with Gasteiger partial charge in [-0.25, -0.2) is 0 Å². The highest BCUT2D eigenvalue weighted by Gasteiger charge is 2.04. The molecule has 0 aromatic heterocycles. The fourth-order valence-corrected chi connectivity index (χ4v) is 2.00. The largest absolute Gasteiger partial charge is 0.497 e. The molecule has 0 fully saturated rings. The van der Waals surface area contributed by atoms with Gasteiger partial charge in [-0.05, 0) is 30.7 Å². The molecule has 0 aliphatic heterocycles. The zero-order valence-corrected chi connectivity index (χ0v) is 13.5. The van der Waals surface area contributed by atoms with Gasteiger partial charge < -0.3 is 20.1 Å². The summed E-state index contributed by atoms with van der Waals surface area (Å²) in [7, 11) is 1.59. The number of hydrogen-bond donors (Lipinski definition) is 2. The number of anilines is 2. The molecule has 122 valence electrons. The first-order valence-electron chi connectivity index (χ1n) is 7.62. The molecular formula is C18H22N2O3. The summed E-state index contributed by atoms with van der Waals surface area (Å²) >= 11 is 0. The van der Waals surface area contributed by atoms with Crippen LogP contribution in [0.2, 0.25) is 0 Å². The lowest BCUT2D eigenvalue weighted by Crippen LogP contribution is -2.21. The average Bonchev–Trinajstić information content (AvgIpc) is 2.58. The minimum atomic E-state index is -0.127. The molecule has 0 unspecified atom stereocenters. The predicted molar refractivity (Wildman–Crippen MR) is 92.3 cm³/mol. The fourth-order valence-electron chi connectivity index (χ4n) is 2.00. The van der Waals surface area contributed by atoms with Gasteiger partial charge in [0.1, 0.15) is 11.5 Å². The van der Waals surface area contributed by atoms with Gasteiger partial charge in [-0.15, -0.1) is 0 Å². The summed E-state index contributed by atoms with van der Waals surface area (Å²) in [6, 6.07) is 14.8. The first-order valence-corrected chi connectivity index (χ1v) is 7.62. The Labute approximate surface area is 136 Å². The molecule has 2 N–H and O–H groups in total. The molecule has 5 nitrogen and oxygen atoms in total. The Morgan fingerprint density at radius 2 is 1.74 bits per heavy atom. The molecule has 0 heterocycles. The number of methoxy groups -OCH3 is 1. The highest BCUT2D eigenvalue weighted by atomic mass is 16.5. The summed E-state index contributed by atoms with van der Waals surface area (Å²) in [5, 5.41) is 5.91. The lowest BCUT2D eigenvalue weighted by atomic mass is 10.3. The van der Waals surface area contributed by atoms with Crippen molar-refractivity contribution in [1.29, 1.82) is 0 Å². The predicted octanol–water partition coefficient (Wildman–Crippen LogP) is 3.53. The Balaban J connectivity index is 1.86. The van der Waals surface area contributed by atoms with Crippen molar-refractivity contribution in [2.75, 3.05) is 30.9 Å². The van der Waals surface area contributed by atoms with E-state index in [1.165, 1.54) is 0 Å². The summed E-state index contributed by atoms with van der Waals surface area (Å²) in [5.41, 5.74) is 1.55. The van der Waals surface area contributed by atoms with E-state index in [9.17, 15) is 4.79 Å². The van der Waals surface area contributed by atoms with Gasteiger partial charge >= 0.3 is 0 Å². The zero-order valence-electron chi connectivity index (χ0n) is 13.5. The van der Waals surface area contributed by atoms with Crippen molar-refractivity contribution >= 4 is 17.3 Å². The van der Waals surface area contributed by atoms with Crippen molar-refractivity contribution in [2.24, 2.45) is 0 Å². The highest BCUT2D eigenvalue weighted by Crippen LogP contribution is 2.18. The number of ether oxygens (including phenoxy) is 2. The summed E-state index contributed by atoms with van der Waals surface area (Å²) in [6.45, 7) is 2.92. The van der Waals surface area contributed by atoms with Crippen LogP contribution in [0.25, 0.3) is 0 Å². The fraction of sp³-hybridized carbons (Fsp3) is 0.278. The van der Waals surface area contributed by atoms with Crippen LogP contribution in [-0.2, 0) is 4.79 Å². The second-order valence-electron chi connectivity index (χ2n) is 5.01. The third-order valence-corrected chi connectivity index (χ3v) is 3.11. The van der Waals surface area contributed by atoms with Crippen LogP contribution >= 0.6 is 0 Å². The summed E-state index contributed by atoms with van der Waals surface area (Å²) in [5.74, 6) is 1.37. The van der Waals surface area contributed by atoms with Crippen LogP contribution < -0.4 is 20.1 Å². The van der Waals surface area contributed by atoms with E-state index in [0.29, 0.717) is 18.0 Å². The maximum atomic E-state index is 12.0. The van der Waals surface area contributed by atoms with E-state index in [1.54, 1.807) is 13.2 Å². The van der Waals surface area contributed by atoms with E-state index in [4.69, 9.17) is 9.47 Å². The second-order valence-corrected chi connectivity index (χ2v) is 5.01. The van der Waals surface area contributed by atoms with Crippen molar-refractivity contribution in [2.45, 2.75) is 13.3 Å². The van der Waals surface area contributed by atoms with Gasteiger partial charge in [0.25, 0.3) is 0 Å². The Morgan fingerprint density at radius 3 is 2.48 bits per heavy atom. The topological polar surface area (TPSA) is 59.6 Å². The average molecular weight is 314 g/mol. The number of benzene rings is 2. The number of rotatable bonds is 8. The number of carbonyl (C=O) groups excluding carboxylic acids is 1. The first kappa shape index (κ1) is 16.7. The summed E-state index contributed by atoms with van der Waals surface area (Å²) in [6.07, 6.45) is 0.959. The van der Waals surface area contributed by atoms with Crippen molar-refractivity contribution in [3.05, 3.63) is 48.5 Å². The third-order valence-electron chi connectivity index (χ3n) is 3.11. The smallest absolute Gasteiger partial charge is 0.243 e. The van der Waals surface area contributed by atoms with E-state index in [1.807, 2.05) is 42.5 Å². The lowest BCUT2D eigenvalue weighted by molar-refractivity contribution is -0.114. The summed E-state index contributed by atoms with van der Waals surface area (Å²) < 4.78 is 10.7. The molecule has 1 amide bonds. The van der Waals surface area contributed by atoms with Crippen LogP contribution in [0.15, 0.2) is 48.5 Å². The number of hydrogen-bond acceptors (Lipinski definition) is 4. The Hall–Kier alpha value is -2.69. The quantitative estimate of drug-likeness (QED) is 0.782. The molecule has 0 saturated carbocycles. The van der Waals surface area contributed by atoms with Gasteiger partial charge in [-0.3, -0.25) is 4.79 Å². The van der Waals surface area contributed by atoms with Gasteiger partial charge in [-0.1, -0.05) is 19.1 Å². The van der Waals surface area contributed by atoms with Crippen molar-refractivity contribution in [3.8, 4) is 11.5 Å². The summed E-state index contributed by atoms with van der Waals surface area (Å²) in [4.78, 5) is 12.0. The molecule has 2 aromatic carbocycles. The Bertz CT molecular complexity index is 644. The molecule has 0 atom stereocenters. The van der Waals surface area contributed by atoms with Crippen LogP contribution in [0.5, 0.6) is 11.5 Å². The van der Waals surface area contributed by atoms with Crippen molar-refractivity contribution in [3.63, 3.8) is 0 Å². The molecule has 0 spiro atoms. The second kappa shape index (κ2) is 8.68.